The first kappa shape index (κ1) is 15.9. The minimum atomic E-state index is -0.153. The van der Waals surface area contributed by atoms with Gasteiger partial charge in [0.25, 0.3) is 5.91 Å². The minimum absolute atomic E-state index is 0.153. The monoisotopic (exact) mass is 299 g/mol. The lowest BCUT2D eigenvalue weighted by Crippen LogP contribution is -2.12. The highest BCUT2D eigenvalue weighted by Crippen LogP contribution is 2.18. The maximum absolute atomic E-state index is 12.2. The van der Waals surface area contributed by atoms with Crippen molar-refractivity contribution in [3.05, 3.63) is 54.1 Å². The molecule has 4 nitrogen and oxygen atoms in total. The Kier molecular flexibility index (Phi) is 5.42. The SMILES string of the molecule is CCC(C)Oc1ccc(C(=O)Nc2ccc(OC)cc2)cc1. The summed E-state index contributed by atoms with van der Waals surface area (Å²) in [7, 11) is 1.61. The van der Waals surface area contributed by atoms with Gasteiger partial charge in [0.1, 0.15) is 11.5 Å². The zero-order chi connectivity index (χ0) is 15.9. The van der Waals surface area contributed by atoms with Crippen LogP contribution in [0.5, 0.6) is 11.5 Å². The second kappa shape index (κ2) is 7.50. The lowest BCUT2D eigenvalue weighted by Gasteiger charge is -2.12. The molecule has 0 aromatic heterocycles. The second-order valence-electron chi connectivity index (χ2n) is 5.04. The number of methoxy groups -OCH3 is 1. The predicted octanol–water partition coefficient (Wildman–Crippen LogP) is 4.12. The molecule has 2 aromatic carbocycles. The Hall–Kier alpha value is -2.49. The fourth-order valence-corrected chi connectivity index (χ4v) is 1.88. The molecule has 2 aromatic rings. The van der Waals surface area contributed by atoms with Crippen LogP contribution in [0.3, 0.4) is 0 Å². The van der Waals surface area contributed by atoms with Crippen molar-refractivity contribution in [1.29, 1.82) is 0 Å². The summed E-state index contributed by atoms with van der Waals surface area (Å²) < 4.78 is 10.8. The molecule has 0 aliphatic rings. The number of carbonyl (C=O) groups excluding carboxylic acids is 1. The smallest absolute Gasteiger partial charge is 0.255 e. The average Bonchev–Trinajstić information content (AvgIpc) is 2.56. The molecule has 0 fully saturated rings. The molecule has 0 spiro atoms. The fraction of sp³-hybridized carbons (Fsp3) is 0.278. The highest BCUT2D eigenvalue weighted by atomic mass is 16.5. The van der Waals surface area contributed by atoms with Crippen molar-refractivity contribution in [1.82, 2.24) is 0 Å². The number of amides is 1. The van der Waals surface area contributed by atoms with E-state index in [1.807, 2.05) is 19.1 Å². The van der Waals surface area contributed by atoms with E-state index in [0.717, 1.165) is 23.6 Å². The van der Waals surface area contributed by atoms with Gasteiger partial charge in [0.05, 0.1) is 13.2 Å². The molecule has 0 saturated heterocycles. The van der Waals surface area contributed by atoms with Crippen LogP contribution in [0.4, 0.5) is 5.69 Å². The number of hydrogen-bond acceptors (Lipinski definition) is 3. The summed E-state index contributed by atoms with van der Waals surface area (Å²) in [4.78, 5) is 12.2. The van der Waals surface area contributed by atoms with Crippen LogP contribution in [0.15, 0.2) is 48.5 Å². The number of benzene rings is 2. The normalized spacial score (nSPS) is 11.6. The number of carbonyl (C=O) groups is 1. The van der Waals surface area contributed by atoms with Crippen LogP contribution < -0.4 is 14.8 Å². The topological polar surface area (TPSA) is 47.6 Å². The third-order valence-corrected chi connectivity index (χ3v) is 3.38. The van der Waals surface area contributed by atoms with Crippen LogP contribution in [-0.4, -0.2) is 19.1 Å². The fourth-order valence-electron chi connectivity index (χ4n) is 1.88. The Morgan fingerprint density at radius 1 is 1.05 bits per heavy atom. The number of rotatable bonds is 6. The van der Waals surface area contributed by atoms with Gasteiger partial charge in [0.15, 0.2) is 0 Å². The standard InChI is InChI=1S/C18H21NO3/c1-4-13(2)22-17-9-5-14(6-10-17)18(20)19-15-7-11-16(21-3)12-8-15/h5-13H,4H2,1-3H3,(H,19,20). The molecule has 0 aliphatic carbocycles. The van der Waals surface area contributed by atoms with Gasteiger partial charge in [0.2, 0.25) is 0 Å². The van der Waals surface area contributed by atoms with E-state index in [1.165, 1.54) is 0 Å². The summed E-state index contributed by atoms with van der Waals surface area (Å²) >= 11 is 0. The Bertz CT molecular complexity index is 605. The number of anilines is 1. The van der Waals surface area contributed by atoms with Gasteiger partial charge in [-0.2, -0.15) is 0 Å². The Morgan fingerprint density at radius 2 is 1.64 bits per heavy atom. The van der Waals surface area contributed by atoms with Gasteiger partial charge in [-0.05, 0) is 61.9 Å². The highest BCUT2D eigenvalue weighted by molar-refractivity contribution is 6.04. The van der Waals surface area contributed by atoms with Crippen molar-refractivity contribution < 1.29 is 14.3 Å². The highest BCUT2D eigenvalue weighted by Gasteiger charge is 2.07. The van der Waals surface area contributed by atoms with E-state index in [1.54, 1.807) is 43.5 Å². The minimum Gasteiger partial charge on any atom is -0.497 e. The molecule has 116 valence electrons. The van der Waals surface area contributed by atoms with Gasteiger partial charge in [-0.3, -0.25) is 4.79 Å². The van der Waals surface area contributed by atoms with Crippen molar-refractivity contribution in [3.8, 4) is 11.5 Å². The van der Waals surface area contributed by atoms with Crippen molar-refractivity contribution in [3.63, 3.8) is 0 Å². The summed E-state index contributed by atoms with van der Waals surface area (Å²) in [6.45, 7) is 4.09. The van der Waals surface area contributed by atoms with Gasteiger partial charge >= 0.3 is 0 Å². The molecule has 1 N–H and O–H groups in total. The molecule has 1 unspecified atom stereocenters. The van der Waals surface area contributed by atoms with E-state index >= 15 is 0 Å². The molecule has 4 heteroatoms. The molecule has 0 heterocycles. The van der Waals surface area contributed by atoms with Crippen molar-refractivity contribution in [2.75, 3.05) is 12.4 Å². The van der Waals surface area contributed by atoms with Crippen LogP contribution >= 0.6 is 0 Å². The van der Waals surface area contributed by atoms with E-state index in [0.29, 0.717) is 5.56 Å². The van der Waals surface area contributed by atoms with Crippen LogP contribution in [0, 0.1) is 0 Å². The number of nitrogens with one attached hydrogen (secondary N) is 1. The van der Waals surface area contributed by atoms with E-state index in [9.17, 15) is 4.79 Å². The number of ether oxygens (including phenoxy) is 2. The first-order chi connectivity index (χ1) is 10.6. The third-order valence-electron chi connectivity index (χ3n) is 3.38. The van der Waals surface area contributed by atoms with E-state index < -0.39 is 0 Å². The van der Waals surface area contributed by atoms with Crippen molar-refractivity contribution in [2.24, 2.45) is 0 Å². The predicted molar refractivity (Wildman–Crippen MR) is 87.8 cm³/mol. The molecule has 0 radical (unpaired) electrons. The van der Waals surface area contributed by atoms with Gasteiger partial charge in [-0.15, -0.1) is 0 Å². The summed E-state index contributed by atoms with van der Waals surface area (Å²) in [6.07, 6.45) is 1.11. The molecule has 1 amide bonds. The Labute approximate surface area is 131 Å². The van der Waals surface area contributed by atoms with Gasteiger partial charge in [-0.25, -0.2) is 0 Å². The Morgan fingerprint density at radius 3 is 2.18 bits per heavy atom. The number of hydrogen-bond donors (Lipinski definition) is 1. The average molecular weight is 299 g/mol. The summed E-state index contributed by atoms with van der Waals surface area (Å²) in [5.74, 6) is 1.38. The first-order valence-corrected chi connectivity index (χ1v) is 7.34. The summed E-state index contributed by atoms with van der Waals surface area (Å²) in [5.41, 5.74) is 1.32. The molecule has 22 heavy (non-hydrogen) atoms. The van der Waals surface area contributed by atoms with E-state index in [-0.39, 0.29) is 12.0 Å². The Balaban J connectivity index is 1.99. The van der Waals surface area contributed by atoms with Crippen molar-refractivity contribution in [2.45, 2.75) is 26.4 Å². The first-order valence-electron chi connectivity index (χ1n) is 7.34. The van der Waals surface area contributed by atoms with Gasteiger partial charge < -0.3 is 14.8 Å². The molecule has 1 atom stereocenters. The zero-order valence-electron chi connectivity index (χ0n) is 13.1. The van der Waals surface area contributed by atoms with Gasteiger partial charge in [0, 0.05) is 11.3 Å². The maximum Gasteiger partial charge on any atom is 0.255 e. The molecule has 2 rings (SSSR count). The second-order valence-corrected chi connectivity index (χ2v) is 5.04. The third kappa shape index (κ3) is 4.25. The van der Waals surface area contributed by atoms with Crippen LogP contribution in [0.25, 0.3) is 0 Å². The largest absolute Gasteiger partial charge is 0.497 e. The summed E-state index contributed by atoms with van der Waals surface area (Å²) in [5, 5.41) is 2.85. The van der Waals surface area contributed by atoms with Crippen molar-refractivity contribution >= 4 is 11.6 Å². The van der Waals surface area contributed by atoms with Gasteiger partial charge in [-0.1, -0.05) is 6.92 Å². The van der Waals surface area contributed by atoms with Crippen LogP contribution in [0.1, 0.15) is 30.6 Å². The lowest BCUT2D eigenvalue weighted by atomic mass is 10.2. The summed E-state index contributed by atoms with van der Waals surface area (Å²) in [6, 6.07) is 14.4. The quantitative estimate of drug-likeness (QED) is 0.872. The molecular weight excluding hydrogens is 278 g/mol. The van der Waals surface area contributed by atoms with E-state index in [4.69, 9.17) is 9.47 Å². The molecule has 0 aliphatic heterocycles. The maximum atomic E-state index is 12.2. The van der Waals surface area contributed by atoms with Crippen LogP contribution in [0.2, 0.25) is 0 Å². The lowest BCUT2D eigenvalue weighted by molar-refractivity contribution is 0.102. The van der Waals surface area contributed by atoms with Crippen LogP contribution in [-0.2, 0) is 0 Å². The molecule has 0 saturated carbocycles. The zero-order valence-corrected chi connectivity index (χ0v) is 13.1. The molecule has 0 bridgehead atoms. The molecular formula is C18H21NO3. The van der Waals surface area contributed by atoms with E-state index in [2.05, 4.69) is 12.2 Å².